The number of para-hydroxylation sites is 2. The molecule has 0 aliphatic rings. The summed E-state index contributed by atoms with van der Waals surface area (Å²) >= 11 is 0. The number of nitrogens with one attached hydrogen (secondary N) is 2. The summed E-state index contributed by atoms with van der Waals surface area (Å²) < 4.78 is 13.0. The fourth-order valence-electron chi connectivity index (χ4n) is 9.65. The van der Waals surface area contributed by atoms with Crippen molar-refractivity contribution in [2.24, 2.45) is 0 Å². The Morgan fingerprint density at radius 1 is 0.392 bits per heavy atom. The van der Waals surface area contributed by atoms with Crippen LogP contribution in [0.25, 0.3) is 0 Å². The molecule has 74 heavy (non-hydrogen) atoms. The molecule has 0 saturated carbocycles. The van der Waals surface area contributed by atoms with Crippen LogP contribution in [0.1, 0.15) is 244 Å². The van der Waals surface area contributed by atoms with E-state index in [1.807, 2.05) is 62.4 Å². The van der Waals surface area contributed by atoms with E-state index in [0.717, 1.165) is 71.2 Å². The fourth-order valence-corrected chi connectivity index (χ4v) is 11.9. The van der Waals surface area contributed by atoms with Crippen molar-refractivity contribution in [3.63, 3.8) is 0 Å². The van der Waals surface area contributed by atoms with Crippen molar-refractivity contribution >= 4 is 44.8 Å². The molecule has 2 N–H and O–H groups in total. The molecule has 6 nitrogen and oxygen atoms in total. The largest absolute Gasteiger partial charge is 0.481 e. The van der Waals surface area contributed by atoms with Crippen LogP contribution in [-0.4, -0.2) is 24.0 Å². The first-order chi connectivity index (χ1) is 36.3. The summed E-state index contributed by atoms with van der Waals surface area (Å²) in [6.07, 6.45) is 38.6. The lowest BCUT2D eigenvalue weighted by Crippen LogP contribution is -2.30. The normalized spacial score (nSPS) is 12.1. The number of anilines is 2. The van der Waals surface area contributed by atoms with Gasteiger partial charge in [0.05, 0.1) is 11.4 Å². The van der Waals surface area contributed by atoms with Crippen molar-refractivity contribution in [1.29, 1.82) is 0 Å². The van der Waals surface area contributed by atoms with Gasteiger partial charge in [0.1, 0.15) is 11.5 Å². The number of carbonyl (C=O) groups excluding carboxylic acids is 2. The van der Waals surface area contributed by atoms with Crippen LogP contribution in [0.3, 0.4) is 0 Å². The summed E-state index contributed by atoms with van der Waals surface area (Å²) in [6.45, 7) is 12.8. The van der Waals surface area contributed by atoms with Crippen molar-refractivity contribution < 1.29 is 19.1 Å². The Balaban J connectivity index is 1.35. The first-order valence-corrected chi connectivity index (χ1v) is 32.1. The van der Waals surface area contributed by atoms with Crippen LogP contribution in [0.2, 0.25) is 0 Å². The van der Waals surface area contributed by atoms with Crippen molar-refractivity contribution in [2.45, 2.75) is 269 Å². The molecule has 4 aromatic rings. The number of carbonyl (C=O) groups is 2. The molecule has 2 unspecified atom stereocenters. The Bertz CT molecular complexity index is 1970. The molecule has 0 spiro atoms. The smallest absolute Gasteiger partial charge is 0.265 e. The SMILES string of the molecule is CCCCCCCCCc1ccc(OC(C)C(=O)Nc2ccccc2SSc2ccccc2NC(=O)C(C)Oc2ccc(CCCCCCCCC)cc2CCCCCCCCC)c(CCCCCCCCC)c1. The minimum absolute atomic E-state index is 0.188. The van der Waals surface area contributed by atoms with E-state index in [9.17, 15) is 9.59 Å². The molecule has 2 amide bonds. The average molecular weight is 1050 g/mol. The van der Waals surface area contributed by atoms with E-state index in [1.54, 1.807) is 21.6 Å². The zero-order valence-electron chi connectivity index (χ0n) is 47.3. The lowest BCUT2D eigenvalue weighted by molar-refractivity contribution is -0.122. The van der Waals surface area contributed by atoms with Crippen LogP contribution in [0, 0.1) is 0 Å². The Kier molecular flexibility index (Phi) is 33.4. The molecule has 4 aromatic carbocycles. The van der Waals surface area contributed by atoms with Crippen LogP contribution < -0.4 is 20.1 Å². The van der Waals surface area contributed by atoms with Crippen LogP contribution >= 0.6 is 21.6 Å². The number of unbranched alkanes of at least 4 members (excludes halogenated alkanes) is 24. The summed E-state index contributed by atoms with van der Waals surface area (Å²) in [5, 5.41) is 6.36. The summed E-state index contributed by atoms with van der Waals surface area (Å²) in [6, 6.07) is 29.1. The van der Waals surface area contributed by atoms with Gasteiger partial charge in [-0.25, -0.2) is 0 Å². The maximum Gasteiger partial charge on any atom is 0.265 e. The zero-order valence-corrected chi connectivity index (χ0v) is 48.9. The lowest BCUT2D eigenvalue weighted by Gasteiger charge is -2.20. The van der Waals surface area contributed by atoms with Crippen molar-refractivity contribution in [3.8, 4) is 11.5 Å². The molecule has 4 rings (SSSR count). The molecule has 0 aliphatic heterocycles. The summed E-state index contributed by atoms with van der Waals surface area (Å²) in [4.78, 5) is 29.6. The van der Waals surface area contributed by atoms with Gasteiger partial charge in [-0.2, -0.15) is 0 Å². The van der Waals surface area contributed by atoms with Gasteiger partial charge in [-0.15, -0.1) is 0 Å². The predicted octanol–water partition coefficient (Wildman–Crippen LogP) is 20.5. The first kappa shape index (κ1) is 62.7. The van der Waals surface area contributed by atoms with E-state index in [-0.39, 0.29) is 11.8 Å². The van der Waals surface area contributed by atoms with Gasteiger partial charge in [0.15, 0.2) is 12.2 Å². The number of rotatable bonds is 43. The molecule has 0 heterocycles. The van der Waals surface area contributed by atoms with Gasteiger partial charge < -0.3 is 20.1 Å². The minimum Gasteiger partial charge on any atom is -0.481 e. The van der Waals surface area contributed by atoms with E-state index >= 15 is 0 Å². The molecule has 0 radical (unpaired) electrons. The maximum atomic E-state index is 13.9. The van der Waals surface area contributed by atoms with Crippen molar-refractivity contribution in [2.75, 3.05) is 10.6 Å². The molecule has 410 valence electrons. The second kappa shape index (κ2) is 39.5. The van der Waals surface area contributed by atoms with E-state index in [4.69, 9.17) is 9.47 Å². The van der Waals surface area contributed by atoms with E-state index in [1.165, 1.54) is 189 Å². The van der Waals surface area contributed by atoms with Gasteiger partial charge in [0.2, 0.25) is 0 Å². The monoisotopic (exact) mass is 1050 g/mol. The fraction of sp³-hybridized carbons (Fsp3) is 0.606. The molecule has 0 aliphatic carbocycles. The number of amides is 2. The van der Waals surface area contributed by atoms with Crippen LogP contribution in [0.15, 0.2) is 94.7 Å². The number of benzene rings is 4. The van der Waals surface area contributed by atoms with Crippen molar-refractivity contribution in [1.82, 2.24) is 0 Å². The van der Waals surface area contributed by atoms with Gasteiger partial charge in [-0.1, -0.05) is 252 Å². The Morgan fingerprint density at radius 2 is 0.689 bits per heavy atom. The number of hydrogen-bond acceptors (Lipinski definition) is 6. The highest BCUT2D eigenvalue weighted by Gasteiger charge is 2.21. The van der Waals surface area contributed by atoms with Gasteiger partial charge in [-0.3, -0.25) is 9.59 Å². The topological polar surface area (TPSA) is 76.7 Å². The van der Waals surface area contributed by atoms with Gasteiger partial charge in [0, 0.05) is 9.79 Å². The molecule has 8 heteroatoms. The van der Waals surface area contributed by atoms with Crippen LogP contribution in [0.5, 0.6) is 11.5 Å². The van der Waals surface area contributed by atoms with Gasteiger partial charge in [0.25, 0.3) is 11.8 Å². The second-order valence-electron chi connectivity index (χ2n) is 21.0. The van der Waals surface area contributed by atoms with Gasteiger partial charge >= 0.3 is 0 Å². The van der Waals surface area contributed by atoms with Crippen molar-refractivity contribution in [3.05, 3.63) is 107 Å². The highest BCUT2D eigenvalue weighted by atomic mass is 33.1. The Labute approximate surface area is 459 Å². The minimum atomic E-state index is -0.688. The summed E-state index contributed by atoms with van der Waals surface area (Å²) in [7, 11) is 3.10. The third kappa shape index (κ3) is 25.8. The Hall–Kier alpha value is -3.88. The predicted molar refractivity (Wildman–Crippen MR) is 322 cm³/mol. The van der Waals surface area contributed by atoms with E-state index in [0.29, 0.717) is 0 Å². The molecular formula is C66H100N2O4S2. The average Bonchev–Trinajstić information content (AvgIpc) is 3.41. The number of hydrogen-bond donors (Lipinski definition) is 2. The third-order valence-corrected chi connectivity index (χ3v) is 16.8. The van der Waals surface area contributed by atoms with Crippen LogP contribution in [0.4, 0.5) is 11.4 Å². The quantitative estimate of drug-likeness (QED) is 0.0340. The highest BCUT2D eigenvalue weighted by Crippen LogP contribution is 2.43. The molecule has 0 aromatic heterocycles. The maximum absolute atomic E-state index is 13.9. The van der Waals surface area contributed by atoms with Gasteiger partial charge in [-0.05, 0) is 124 Å². The highest BCUT2D eigenvalue weighted by molar-refractivity contribution is 8.76. The van der Waals surface area contributed by atoms with E-state index in [2.05, 4.69) is 74.7 Å². The first-order valence-electron chi connectivity index (χ1n) is 30.0. The standard InChI is InChI=1S/C66H100N2O4S2/c1-7-11-15-19-23-27-31-39-55-47-49-61(57(51-55)41-33-29-25-21-17-13-9-3)71-53(5)65(69)67-59-43-35-37-45-63(59)73-74-64-46-38-36-44-60(64)68-66(70)54(6)72-62-50-48-56(40-32-28-24-20-16-12-8-2)52-58(62)42-34-30-26-22-18-14-10-4/h35-38,43-54H,7-34,39-42H2,1-6H3,(H,67,69)(H,68,70). The lowest BCUT2D eigenvalue weighted by atomic mass is 9.99. The molecule has 0 fully saturated rings. The third-order valence-electron chi connectivity index (χ3n) is 14.3. The number of ether oxygens (including phenoxy) is 2. The second-order valence-corrected chi connectivity index (χ2v) is 23.2. The molecule has 0 bridgehead atoms. The van der Waals surface area contributed by atoms with E-state index < -0.39 is 12.2 Å². The van der Waals surface area contributed by atoms with Crippen LogP contribution in [-0.2, 0) is 35.3 Å². The summed E-state index contributed by atoms with van der Waals surface area (Å²) in [5.41, 5.74) is 6.61. The number of aryl methyl sites for hydroxylation is 4. The molecular weight excluding hydrogens is 949 g/mol. The summed E-state index contributed by atoms with van der Waals surface area (Å²) in [5.74, 6) is 1.25. The zero-order chi connectivity index (χ0) is 52.9. The molecule has 0 saturated heterocycles. The molecule has 2 atom stereocenters. The Morgan fingerprint density at radius 3 is 1.03 bits per heavy atom.